The van der Waals surface area contributed by atoms with Crippen LogP contribution in [-0.4, -0.2) is 40.1 Å². The van der Waals surface area contributed by atoms with Crippen molar-refractivity contribution in [1.82, 2.24) is 15.1 Å². The summed E-state index contributed by atoms with van der Waals surface area (Å²) in [6, 6.07) is 13.3. The van der Waals surface area contributed by atoms with Crippen LogP contribution in [-0.2, 0) is 4.79 Å². The first-order valence-electron chi connectivity index (χ1n) is 9.09. The molecule has 27 heavy (non-hydrogen) atoms. The molecule has 6 nitrogen and oxygen atoms in total. The van der Waals surface area contributed by atoms with Gasteiger partial charge in [0.15, 0.2) is 0 Å². The minimum absolute atomic E-state index is 0.0193. The standard InChI is InChI=1S/C20H22BrN5O/c21-15-5-3-13(4-6-15)19(22)20(27)26-9-1-2-17(12-26)24-16-7-8-18-14(10-16)11-23-25-18/h3-8,10-11,17,19,24H,1-2,9,12,22H2,(H,23,25). The molecule has 2 unspecified atom stereocenters. The Morgan fingerprint density at radius 1 is 1.30 bits per heavy atom. The summed E-state index contributed by atoms with van der Waals surface area (Å²) in [5, 5.41) is 11.6. The topological polar surface area (TPSA) is 87.0 Å². The number of halogens is 1. The predicted octanol–water partition coefficient (Wildman–Crippen LogP) is 3.43. The number of anilines is 1. The Morgan fingerprint density at radius 3 is 2.93 bits per heavy atom. The van der Waals surface area contributed by atoms with Gasteiger partial charge < -0.3 is 16.0 Å². The highest BCUT2D eigenvalue weighted by atomic mass is 79.9. The van der Waals surface area contributed by atoms with Gasteiger partial charge >= 0.3 is 0 Å². The van der Waals surface area contributed by atoms with Crippen LogP contribution in [0.1, 0.15) is 24.4 Å². The van der Waals surface area contributed by atoms with E-state index in [0.29, 0.717) is 6.54 Å². The predicted molar refractivity (Wildman–Crippen MR) is 110 cm³/mol. The number of piperidine rings is 1. The largest absolute Gasteiger partial charge is 0.381 e. The number of amides is 1. The van der Waals surface area contributed by atoms with Crippen molar-refractivity contribution in [3.63, 3.8) is 0 Å². The molecule has 1 aromatic heterocycles. The summed E-state index contributed by atoms with van der Waals surface area (Å²) in [6.07, 6.45) is 3.81. The molecular weight excluding hydrogens is 406 g/mol. The summed E-state index contributed by atoms with van der Waals surface area (Å²) in [7, 11) is 0. The zero-order chi connectivity index (χ0) is 18.8. The fourth-order valence-corrected chi connectivity index (χ4v) is 3.84. The Labute approximate surface area is 166 Å². The minimum Gasteiger partial charge on any atom is -0.381 e. The van der Waals surface area contributed by atoms with Crippen LogP contribution in [0.2, 0.25) is 0 Å². The lowest BCUT2D eigenvalue weighted by molar-refractivity contribution is -0.133. The second-order valence-electron chi connectivity index (χ2n) is 6.97. The second kappa shape index (κ2) is 7.70. The Bertz CT molecular complexity index is 939. The van der Waals surface area contributed by atoms with E-state index in [-0.39, 0.29) is 11.9 Å². The Morgan fingerprint density at radius 2 is 2.11 bits per heavy atom. The molecule has 1 aliphatic heterocycles. The van der Waals surface area contributed by atoms with E-state index in [1.807, 2.05) is 47.5 Å². The van der Waals surface area contributed by atoms with E-state index in [1.165, 1.54) is 0 Å². The Balaban J connectivity index is 1.42. The summed E-state index contributed by atoms with van der Waals surface area (Å²) in [6.45, 7) is 1.41. The second-order valence-corrected chi connectivity index (χ2v) is 7.88. The molecule has 1 amide bonds. The van der Waals surface area contributed by atoms with Crippen LogP contribution >= 0.6 is 15.9 Å². The maximum absolute atomic E-state index is 12.9. The number of fused-ring (bicyclic) bond motifs is 1. The number of aromatic nitrogens is 2. The molecule has 1 aliphatic rings. The molecule has 0 radical (unpaired) electrons. The number of aromatic amines is 1. The first-order valence-corrected chi connectivity index (χ1v) is 9.89. The van der Waals surface area contributed by atoms with E-state index in [1.54, 1.807) is 0 Å². The third-order valence-electron chi connectivity index (χ3n) is 5.04. The molecule has 0 aliphatic carbocycles. The molecule has 140 valence electrons. The number of nitrogens with two attached hydrogens (primary N) is 1. The maximum Gasteiger partial charge on any atom is 0.244 e. The molecule has 0 spiro atoms. The van der Waals surface area contributed by atoms with Crippen LogP contribution in [0, 0.1) is 0 Å². The van der Waals surface area contributed by atoms with Gasteiger partial charge in [0.1, 0.15) is 6.04 Å². The van der Waals surface area contributed by atoms with E-state index >= 15 is 0 Å². The van der Waals surface area contributed by atoms with Crippen LogP contribution in [0.5, 0.6) is 0 Å². The molecule has 0 saturated carbocycles. The van der Waals surface area contributed by atoms with E-state index in [0.717, 1.165) is 46.0 Å². The molecule has 1 saturated heterocycles. The maximum atomic E-state index is 12.9. The molecule has 2 aromatic carbocycles. The van der Waals surface area contributed by atoms with Crippen molar-refractivity contribution in [2.45, 2.75) is 24.9 Å². The third kappa shape index (κ3) is 3.99. The van der Waals surface area contributed by atoms with Crippen LogP contribution in [0.3, 0.4) is 0 Å². The van der Waals surface area contributed by atoms with Crippen molar-refractivity contribution in [2.75, 3.05) is 18.4 Å². The molecule has 3 aromatic rings. The number of nitrogens with one attached hydrogen (secondary N) is 2. The average molecular weight is 428 g/mol. The highest BCUT2D eigenvalue weighted by Gasteiger charge is 2.28. The monoisotopic (exact) mass is 427 g/mol. The molecular formula is C20H22BrN5O. The number of carbonyl (C=O) groups is 1. The number of H-pyrrole nitrogens is 1. The van der Waals surface area contributed by atoms with Gasteiger partial charge in [0.2, 0.25) is 5.91 Å². The van der Waals surface area contributed by atoms with E-state index in [9.17, 15) is 4.79 Å². The molecule has 1 fully saturated rings. The molecule has 4 rings (SSSR count). The summed E-state index contributed by atoms with van der Waals surface area (Å²) >= 11 is 3.41. The smallest absolute Gasteiger partial charge is 0.244 e. The van der Waals surface area contributed by atoms with Gasteiger partial charge in [-0.05, 0) is 48.7 Å². The van der Waals surface area contributed by atoms with Crippen LogP contribution in [0.25, 0.3) is 10.9 Å². The molecule has 2 heterocycles. The van der Waals surface area contributed by atoms with Gasteiger partial charge in [-0.25, -0.2) is 0 Å². The molecule has 7 heteroatoms. The molecule has 2 atom stereocenters. The number of nitrogens with zero attached hydrogens (tertiary/aromatic N) is 2. The fraction of sp³-hybridized carbons (Fsp3) is 0.300. The van der Waals surface area contributed by atoms with Gasteiger partial charge in [-0.15, -0.1) is 0 Å². The zero-order valence-electron chi connectivity index (χ0n) is 14.9. The van der Waals surface area contributed by atoms with Crippen molar-refractivity contribution in [3.05, 3.63) is 58.7 Å². The van der Waals surface area contributed by atoms with Crippen molar-refractivity contribution >= 4 is 38.4 Å². The number of hydrogen-bond acceptors (Lipinski definition) is 4. The summed E-state index contributed by atoms with van der Waals surface area (Å²) in [5.74, 6) is -0.0193. The van der Waals surface area contributed by atoms with Crippen LogP contribution in [0.4, 0.5) is 5.69 Å². The highest BCUT2D eigenvalue weighted by Crippen LogP contribution is 2.23. The fourth-order valence-electron chi connectivity index (χ4n) is 3.57. The normalized spacial score (nSPS) is 18.4. The lowest BCUT2D eigenvalue weighted by atomic mass is 10.0. The van der Waals surface area contributed by atoms with Crippen molar-refractivity contribution in [1.29, 1.82) is 0 Å². The summed E-state index contributed by atoms with van der Waals surface area (Å²) < 4.78 is 0.975. The first kappa shape index (κ1) is 18.0. The van der Waals surface area contributed by atoms with Gasteiger partial charge in [0.25, 0.3) is 0 Å². The SMILES string of the molecule is NC(C(=O)N1CCCC(Nc2ccc3[nH]ncc3c2)C1)c1ccc(Br)cc1. The first-order chi connectivity index (χ1) is 13.1. The van der Waals surface area contributed by atoms with Crippen LogP contribution < -0.4 is 11.1 Å². The van der Waals surface area contributed by atoms with Gasteiger partial charge in [0.05, 0.1) is 11.7 Å². The van der Waals surface area contributed by atoms with E-state index in [4.69, 9.17) is 5.73 Å². The van der Waals surface area contributed by atoms with E-state index < -0.39 is 6.04 Å². The zero-order valence-corrected chi connectivity index (χ0v) is 16.4. The van der Waals surface area contributed by atoms with Crippen molar-refractivity contribution < 1.29 is 4.79 Å². The lowest BCUT2D eigenvalue weighted by Crippen LogP contribution is -2.48. The van der Waals surface area contributed by atoms with Gasteiger partial charge in [-0.1, -0.05) is 28.1 Å². The Kier molecular flexibility index (Phi) is 5.13. The van der Waals surface area contributed by atoms with Crippen molar-refractivity contribution in [3.8, 4) is 0 Å². The average Bonchev–Trinajstić information content (AvgIpc) is 3.15. The van der Waals surface area contributed by atoms with E-state index in [2.05, 4.69) is 37.5 Å². The number of hydrogen-bond donors (Lipinski definition) is 3. The van der Waals surface area contributed by atoms with Gasteiger partial charge in [-0.3, -0.25) is 9.89 Å². The van der Waals surface area contributed by atoms with Gasteiger partial charge in [0, 0.05) is 34.7 Å². The third-order valence-corrected chi connectivity index (χ3v) is 5.57. The molecule has 4 N–H and O–H groups in total. The Hall–Kier alpha value is -2.38. The van der Waals surface area contributed by atoms with Gasteiger partial charge in [-0.2, -0.15) is 5.10 Å². The number of benzene rings is 2. The summed E-state index contributed by atoms with van der Waals surface area (Å²) in [4.78, 5) is 14.7. The lowest BCUT2D eigenvalue weighted by Gasteiger charge is -2.35. The highest BCUT2D eigenvalue weighted by molar-refractivity contribution is 9.10. The number of carbonyl (C=O) groups excluding carboxylic acids is 1. The minimum atomic E-state index is -0.626. The van der Waals surface area contributed by atoms with Crippen LogP contribution in [0.15, 0.2) is 53.1 Å². The molecule has 0 bridgehead atoms. The quantitative estimate of drug-likeness (QED) is 0.594. The number of likely N-dealkylation sites (tertiary alicyclic amines) is 1. The number of rotatable bonds is 4. The van der Waals surface area contributed by atoms with Crippen molar-refractivity contribution in [2.24, 2.45) is 5.73 Å². The summed E-state index contributed by atoms with van der Waals surface area (Å²) in [5.41, 5.74) is 9.12.